The van der Waals surface area contributed by atoms with Gasteiger partial charge in [-0.05, 0) is 47.9 Å². The van der Waals surface area contributed by atoms with Gasteiger partial charge in [0.05, 0.1) is 23.3 Å². The molecule has 142 valence electrons. The highest BCUT2D eigenvalue weighted by molar-refractivity contribution is 7.92. The molecule has 2 aromatic carbocycles. The lowest BCUT2D eigenvalue weighted by Gasteiger charge is -2.24. The number of aromatic nitrogens is 2. The average Bonchev–Trinajstić information content (AvgIpc) is 3.05. The first-order chi connectivity index (χ1) is 12.8. The molecule has 0 aliphatic carbocycles. The fourth-order valence-electron chi connectivity index (χ4n) is 2.79. The molecule has 1 heterocycles. The van der Waals surface area contributed by atoms with Crippen molar-refractivity contribution in [3.8, 4) is 0 Å². The summed E-state index contributed by atoms with van der Waals surface area (Å²) in [5.74, 6) is -0.107. The van der Waals surface area contributed by atoms with Crippen LogP contribution in [-0.2, 0) is 23.6 Å². The first kappa shape index (κ1) is 19.1. The molecule has 0 aliphatic heterocycles. The number of sulfonamides is 1. The van der Waals surface area contributed by atoms with Gasteiger partial charge in [-0.3, -0.25) is 8.99 Å². The van der Waals surface area contributed by atoms with Crippen LogP contribution in [0.1, 0.15) is 30.9 Å². The summed E-state index contributed by atoms with van der Waals surface area (Å²) in [6.45, 7) is 4.21. The van der Waals surface area contributed by atoms with Gasteiger partial charge in [0, 0.05) is 18.8 Å². The lowest BCUT2D eigenvalue weighted by Crippen LogP contribution is -2.30. The van der Waals surface area contributed by atoms with E-state index in [0.29, 0.717) is 11.6 Å². The number of hydrogen-bond acceptors (Lipinski definition) is 3. The molecule has 27 heavy (non-hydrogen) atoms. The molecule has 0 radical (unpaired) electrons. The molecule has 0 spiro atoms. The lowest BCUT2D eigenvalue weighted by atomic mass is 10.0. The molecular formula is C20H22FN3O2S. The lowest BCUT2D eigenvalue weighted by molar-refractivity contribution is 0.590. The predicted octanol–water partition coefficient (Wildman–Crippen LogP) is 4.08. The molecule has 0 amide bonds. The van der Waals surface area contributed by atoms with Gasteiger partial charge in [-0.25, -0.2) is 12.8 Å². The summed E-state index contributed by atoms with van der Waals surface area (Å²) >= 11 is 0. The van der Waals surface area contributed by atoms with Crippen LogP contribution in [0.3, 0.4) is 0 Å². The van der Waals surface area contributed by atoms with Crippen molar-refractivity contribution >= 4 is 15.7 Å². The van der Waals surface area contributed by atoms with Crippen LogP contribution in [0.25, 0.3) is 0 Å². The Bertz CT molecular complexity index is 1010. The third kappa shape index (κ3) is 4.19. The Kier molecular flexibility index (Phi) is 5.32. The van der Waals surface area contributed by atoms with Crippen LogP contribution in [0, 0.1) is 5.82 Å². The molecule has 0 saturated heterocycles. The van der Waals surface area contributed by atoms with Gasteiger partial charge >= 0.3 is 0 Å². The van der Waals surface area contributed by atoms with Crippen LogP contribution >= 0.6 is 0 Å². The maximum absolute atomic E-state index is 13.3. The van der Waals surface area contributed by atoms with Crippen molar-refractivity contribution in [2.24, 2.45) is 7.05 Å². The second-order valence-corrected chi connectivity index (χ2v) is 8.60. The highest BCUT2D eigenvalue weighted by Gasteiger charge is 2.26. The van der Waals surface area contributed by atoms with Crippen molar-refractivity contribution in [2.45, 2.75) is 31.2 Å². The van der Waals surface area contributed by atoms with Crippen molar-refractivity contribution in [2.75, 3.05) is 4.31 Å². The Morgan fingerprint density at radius 2 is 1.70 bits per heavy atom. The van der Waals surface area contributed by atoms with Crippen molar-refractivity contribution < 1.29 is 12.8 Å². The molecular weight excluding hydrogens is 365 g/mol. The van der Waals surface area contributed by atoms with Gasteiger partial charge in [-0.2, -0.15) is 5.10 Å². The molecule has 0 unspecified atom stereocenters. The summed E-state index contributed by atoms with van der Waals surface area (Å²) in [4.78, 5) is 0.195. The summed E-state index contributed by atoms with van der Waals surface area (Å²) in [6, 6.07) is 12.3. The fourth-order valence-corrected chi connectivity index (χ4v) is 4.25. The number of halogens is 1. The van der Waals surface area contributed by atoms with Crippen molar-refractivity contribution in [1.29, 1.82) is 0 Å². The zero-order valence-electron chi connectivity index (χ0n) is 15.5. The van der Waals surface area contributed by atoms with Crippen LogP contribution < -0.4 is 4.31 Å². The van der Waals surface area contributed by atoms with Gasteiger partial charge in [0.25, 0.3) is 10.0 Å². The summed E-state index contributed by atoms with van der Waals surface area (Å²) in [6.07, 6.45) is 3.38. The smallest absolute Gasteiger partial charge is 0.264 e. The predicted molar refractivity (Wildman–Crippen MR) is 104 cm³/mol. The molecule has 5 nitrogen and oxygen atoms in total. The maximum Gasteiger partial charge on any atom is 0.264 e. The van der Waals surface area contributed by atoms with E-state index in [9.17, 15) is 12.8 Å². The molecule has 3 rings (SSSR count). The first-order valence-corrected chi connectivity index (χ1v) is 10.1. The van der Waals surface area contributed by atoms with Crippen LogP contribution in [0.4, 0.5) is 10.1 Å². The maximum atomic E-state index is 13.3. The van der Waals surface area contributed by atoms with Crippen LogP contribution in [-0.4, -0.2) is 18.2 Å². The number of nitrogens with zero attached hydrogens (tertiary/aromatic N) is 3. The Labute approximate surface area is 159 Å². The van der Waals surface area contributed by atoms with E-state index in [1.807, 2.05) is 12.1 Å². The van der Waals surface area contributed by atoms with E-state index in [4.69, 9.17) is 0 Å². The molecule has 3 aromatic rings. The SMILES string of the molecule is CC(C)c1ccc(S(=O)(=O)N(Cc2cnn(C)c2)c2ccc(F)cc2)cc1. The molecule has 0 aliphatic rings. The van der Waals surface area contributed by atoms with Crippen LogP contribution in [0.15, 0.2) is 65.8 Å². The number of anilines is 1. The monoisotopic (exact) mass is 387 g/mol. The third-order valence-electron chi connectivity index (χ3n) is 4.33. The molecule has 0 atom stereocenters. The Morgan fingerprint density at radius 1 is 1.07 bits per heavy atom. The molecule has 0 bridgehead atoms. The molecule has 0 N–H and O–H groups in total. The summed E-state index contributed by atoms with van der Waals surface area (Å²) in [7, 11) is -2.06. The van der Waals surface area contributed by atoms with Crippen molar-refractivity contribution in [3.63, 3.8) is 0 Å². The second kappa shape index (κ2) is 7.52. The quantitative estimate of drug-likeness (QED) is 0.640. The summed E-state index contributed by atoms with van der Waals surface area (Å²) in [5.41, 5.74) is 2.20. The standard InChI is InChI=1S/C20H22FN3O2S/c1-15(2)17-4-10-20(11-5-17)27(25,26)24(14-16-12-22-23(3)13-16)19-8-6-18(21)7-9-19/h4-13,15H,14H2,1-3H3. The highest BCUT2D eigenvalue weighted by Crippen LogP contribution is 2.27. The van der Waals surface area contributed by atoms with Crippen molar-refractivity contribution in [3.05, 3.63) is 77.9 Å². The number of rotatable bonds is 6. The van der Waals surface area contributed by atoms with Gasteiger partial charge in [0.2, 0.25) is 0 Å². The molecule has 0 fully saturated rings. The Hall–Kier alpha value is -2.67. The van der Waals surface area contributed by atoms with E-state index in [0.717, 1.165) is 11.1 Å². The molecule has 7 heteroatoms. The minimum atomic E-state index is -3.82. The van der Waals surface area contributed by atoms with E-state index >= 15 is 0 Å². The van der Waals surface area contributed by atoms with Crippen LogP contribution in [0.5, 0.6) is 0 Å². The van der Waals surface area contributed by atoms with Gasteiger partial charge in [-0.1, -0.05) is 26.0 Å². The topological polar surface area (TPSA) is 55.2 Å². The van der Waals surface area contributed by atoms with Gasteiger partial charge in [0.15, 0.2) is 0 Å². The highest BCUT2D eigenvalue weighted by atomic mass is 32.2. The minimum Gasteiger partial charge on any atom is -0.275 e. The second-order valence-electron chi connectivity index (χ2n) is 6.73. The minimum absolute atomic E-state index is 0.105. The summed E-state index contributed by atoms with van der Waals surface area (Å²) < 4.78 is 42.9. The fraction of sp³-hybridized carbons (Fsp3) is 0.250. The Balaban J connectivity index is 2.03. The molecule has 0 saturated carbocycles. The van der Waals surface area contributed by atoms with Crippen molar-refractivity contribution in [1.82, 2.24) is 9.78 Å². The van der Waals surface area contributed by atoms with E-state index in [-0.39, 0.29) is 11.4 Å². The van der Waals surface area contributed by atoms with Crippen LogP contribution in [0.2, 0.25) is 0 Å². The van der Waals surface area contributed by atoms with Gasteiger partial charge in [0.1, 0.15) is 5.82 Å². The normalized spacial score (nSPS) is 11.7. The van der Waals surface area contributed by atoms with Gasteiger partial charge < -0.3 is 0 Å². The van der Waals surface area contributed by atoms with E-state index < -0.39 is 15.8 Å². The summed E-state index contributed by atoms with van der Waals surface area (Å²) in [5, 5.41) is 4.10. The third-order valence-corrected chi connectivity index (χ3v) is 6.12. The van der Waals surface area contributed by atoms with E-state index in [1.165, 1.54) is 28.6 Å². The first-order valence-electron chi connectivity index (χ1n) is 8.63. The largest absolute Gasteiger partial charge is 0.275 e. The number of hydrogen-bond donors (Lipinski definition) is 0. The average molecular weight is 387 g/mol. The van der Waals surface area contributed by atoms with Gasteiger partial charge in [-0.15, -0.1) is 0 Å². The zero-order valence-corrected chi connectivity index (χ0v) is 16.3. The van der Waals surface area contributed by atoms with E-state index in [1.54, 1.807) is 36.3 Å². The number of benzene rings is 2. The van der Waals surface area contributed by atoms with E-state index in [2.05, 4.69) is 18.9 Å². The Morgan fingerprint density at radius 3 is 2.22 bits per heavy atom. The number of aryl methyl sites for hydroxylation is 1. The zero-order chi connectivity index (χ0) is 19.6. The molecule has 1 aromatic heterocycles.